The summed E-state index contributed by atoms with van der Waals surface area (Å²) in [7, 11) is 1.81. The molecule has 3 aromatic rings. The number of para-hydroxylation sites is 1. The van der Waals surface area contributed by atoms with E-state index in [4.69, 9.17) is 5.41 Å². The van der Waals surface area contributed by atoms with E-state index in [1.165, 1.54) is 6.92 Å². The number of fused-ring (bicyclic) bond motifs is 1. The predicted molar refractivity (Wildman–Crippen MR) is 129 cm³/mol. The minimum atomic E-state index is -1.03. The largest absolute Gasteiger partial charge is 0.361 e. The van der Waals surface area contributed by atoms with E-state index in [0.29, 0.717) is 11.9 Å². The topological polar surface area (TPSA) is 149 Å². The van der Waals surface area contributed by atoms with Crippen LogP contribution in [0, 0.1) is 5.41 Å². The van der Waals surface area contributed by atoms with Gasteiger partial charge in [-0.1, -0.05) is 18.2 Å². The van der Waals surface area contributed by atoms with Gasteiger partial charge in [-0.05, 0) is 24.1 Å². The number of Topliss-reactive ketones (excluding diaryl/α,β-unsaturated/α-hetero) is 1. The Kier molecular flexibility index (Phi) is 7.96. The Morgan fingerprint density at radius 1 is 1.09 bits per heavy atom. The molecule has 0 unspecified atom stereocenters. The third-order valence-electron chi connectivity index (χ3n) is 5.37. The number of amides is 3. The number of nitrogens with zero attached hydrogens (tertiary/aromatic N) is 1. The Morgan fingerprint density at radius 3 is 2.53 bits per heavy atom. The molecule has 0 saturated carbocycles. The molecule has 2 heterocycles. The first-order valence-corrected chi connectivity index (χ1v) is 10.9. The summed E-state index contributed by atoms with van der Waals surface area (Å²) in [6, 6.07) is 7.36. The molecule has 1 aromatic carbocycles. The lowest BCUT2D eigenvalue weighted by molar-refractivity contribution is -0.130. The van der Waals surface area contributed by atoms with Crippen molar-refractivity contribution in [3.05, 3.63) is 54.5 Å². The van der Waals surface area contributed by atoms with E-state index in [1.54, 1.807) is 36.3 Å². The zero-order valence-electron chi connectivity index (χ0n) is 19.1. The van der Waals surface area contributed by atoms with Gasteiger partial charge in [-0.2, -0.15) is 0 Å². The molecule has 3 rings (SSSR count). The van der Waals surface area contributed by atoms with Crippen LogP contribution in [0.4, 0.5) is 5.69 Å². The molecule has 2 aromatic heterocycles. The van der Waals surface area contributed by atoms with E-state index in [1.807, 2.05) is 24.3 Å². The van der Waals surface area contributed by atoms with Crippen LogP contribution in [0.1, 0.15) is 25.3 Å². The van der Waals surface area contributed by atoms with Gasteiger partial charge in [0.2, 0.25) is 17.7 Å². The van der Waals surface area contributed by atoms with E-state index in [-0.39, 0.29) is 25.2 Å². The number of benzene rings is 1. The minimum absolute atomic E-state index is 0.0124. The highest BCUT2D eigenvalue weighted by Crippen LogP contribution is 2.19. The third kappa shape index (κ3) is 6.41. The quantitative estimate of drug-likeness (QED) is 0.274. The van der Waals surface area contributed by atoms with Gasteiger partial charge in [-0.25, -0.2) is 0 Å². The number of aryl methyl sites for hydroxylation is 1. The smallest absolute Gasteiger partial charge is 0.247 e. The Bertz CT molecular complexity index is 1210. The number of carbonyl (C=O) groups is 4. The summed E-state index contributed by atoms with van der Waals surface area (Å²) in [5.74, 6) is -1.88. The Balaban J connectivity index is 1.78. The Hall–Kier alpha value is -4.21. The fourth-order valence-corrected chi connectivity index (χ4v) is 3.68. The molecule has 10 heteroatoms. The first kappa shape index (κ1) is 24.4. The molecular formula is C24H28N6O4. The van der Waals surface area contributed by atoms with Crippen LogP contribution in [0.3, 0.4) is 0 Å². The number of carbonyl (C=O) groups excluding carboxylic acids is 4. The van der Waals surface area contributed by atoms with Crippen molar-refractivity contribution in [1.29, 1.82) is 5.41 Å². The molecule has 0 fully saturated rings. The predicted octanol–water partition coefficient (Wildman–Crippen LogP) is 1.68. The van der Waals surface area contributed by atoms with Crippen molar-refractivity contribution in [2.75, 3.05) is 5.32 Å². The molecule has 0 radical (unpaired) electrons. The maximum absolute atomic E-state index is 13.2. The lowest BCUT2D eigenvalue weighted by Gasteiger charge is -2.22. The third-order valence-corrected chi connectivity index (χ3v) is 5.37. The maximum atomic E-state index is 13.2. The van der Waals surface area contributed by atoms with Gasteiger partial charge in [-0.3, -0.25) is 19.2 Å². The van der Waals surface area contributed by atoms with Crippen LogP contribution >= 0.6 is 0 Å². The SMILES string of the molecule is CC(=O)N[C@@H](Cc1c[nH]c2ccccc12)C(=O)N[C@@H](CCC(=O)C=N)C(=O)Nc1ccn(C)c1. The van der Waals surface area contributed by atoms with Crippen molar-refractivity contribution in [3.63, 3.8) is 0 Å². The average Bonchev–Trinajstić information content (AvgIpc) is 3.41. The van der Waals surface area contributed by atoms with Crippen molar-refractivity contribution < 1.29 is 19.2 Å². The number of anilines is 1. The average molecular weight is 465 g/mol. The first-order chi connectivity index (χ1) is 16.3. The number of H-pyrrole nitrogens is 1. The van der Waals surface area contributed by atoms with Gasteiger partial charge in [-0.15, -0.1) is 0 Å². The number of rotatable bonds is 11. The molecule has 0 bridgehead atoms. The van der Waals surface area contributed by atoms with Crippen LogP contribution in [0.15, 0.2) is 48.9 Å². The van der Waals surface area contributed by atoms with Crippen LogP contribution in [0.2, 0.25) is 0 Å². The standard InChI is InChI=1S/C24H28N6O4/c1-15(31)27-22(11-16-13-26-20-6-4-3-5-19(16)20)24(34)29-21(8-7-18(32)12-25)23(33)28-17-9-10-30(2)14-17/h3-6,9-10,12-14,21-22,25-26H,7-8,11H2,1-2H3,(H,27,31)(H,28,33)(H,29,34)/t21-,22-/m0/s1. The van der Waals surface area contributed by atoms with Crippen molar-refractivity contribution in [1.82, 2.24) is 20.2 Å². The summed E-state index contributed by atoms with van der Waals surface area (Å²) in [5, 5.41) is 16.1. The fraction of sp³-hybridized carbons (Fsp3) is 0.292. The molecule has 0 aliphatic rings. The molecule has 178 valence electrons. The van der Waals surface area contributed by atoms with E-state index in [9.17, 15) is 19.2 Å². The van der Waals surface area contributed by atoms with Crippen molar-refractivity contribution in [2.45, 2.75) is 38.3 Å². The number of nitrogens with one attached hydrogen (secondary N) is 5. The number of hydrogen-bond acceptors (Lipinski definition) is 5. The van der Waals surface area contributed by atoms with Crippen LogP contribution in [0.25, 0.3) is 10.9 Å². The molecule has 3 amide bonds. The van der Waals surface area contributed by atoms with Crippen LogP contribution in [0.5, 0.6) is 0 Å². The number of aromatic amines is 1. The Morgan fingerprint density at radius 2 is 1.85 bits per heavy atom. The van der Waals surface area contributed by atoms with E-state index in [0.717, 1.165) is 16.5 Å². The minimum Gasteiger partial charge on any atom is -0.361 e. The van der Waals surface area contributed by atoms with E-state index >= 15 is 0 Å². The molecule has 10 nitrogen and oxygen atoms in total. The number of aromatic nitrogens is 2. The van der Waals surface area contributed by atoms with Crippen LogP contribution in [-0.2, 0) is 32.6 Å². The molecule has 0 spiro atoms. The fourth-order valence-electron chi connectivity index (χ4n) is 3.68. The summed E-state index contributed by atoms with van der Waals surface area (Å²) in [6.07, 6.45) is 6.08. The van der Waals surface area contributed by atoms with Crippen molar-refractivity contribution in [2.24, 2.45) is 7.05 Å². The lowest BCUT2D eigenvalue weighted by atomic mass is 10.0. The highest BCUT2D eigenvalue weighted by atomic mass is 16.2. The summed E-state index contributed by atoms with van der Waals surface area (Å²) >= 11 is 0. The van der Waals surface area contributed by atoms with Gasteiger partial charge in [0.25, 0.3) is 0 Å². The van der Waals surface area contributed by atoms with Crippen LogP contribution in [-0.4, -0.2) is 51.4 Å². The van der Waals surface area contributed by atoms with Crippen molar-refractivity contribution in [3.8, 4) is 0 Å². The summed E-state index contributed by atoms with van der Waals surface area (Å²) < 4.78 is 1.76. The summed E-state index contributed by atoms with van der Waals surface area (Å²) in [6.45, 7) is 1.32. The molecular weight excluding hydrogens is 436 g/mol. The first-order valence-electron chi connectivity index (χ1n) is 10.9. The zero-order valence-corrected chi connectivity index (χ0v) is 19.1. The summed E-state index contributed by atoms with van der Waals surface area (Å²) in [5.41, 5.74) is 2.29. The monoisotopic (exact) mass is 464 g/mol. The number of hydrogen-bond donors (Lipinski definition) is 5. The second kappa shape index (κ2) is 11.1. The molecule has 0 saturated heterocycles. The molecule has 0 aliphatic heterocycles. The second-order valence-corrected chi connectivity index (χ2v) is 8.08. The zero-order chi connectivity index (χ0) is 24.7. The van der Waals surface area contributed by atoms with Gasteiger partial charge in [0.15, 0.2) is 5.78 Å². The Labute approximate surface area is 196 Å². The molecule has 5 N–H and O–H groups in total. The molecule has 0 aliphatic carbocycles. The highest BCUT2D eigenvalue weighted by molar-refractivity contribution is 6.26. The maximum Gasteiger partial charge on any atom is 0.247 e. The van der Waals surface area contributed by atoms with Crippen LogP contribution < -0.4 is 16.0 Å². The number of ketones is 1. The van der Waals surface area contributed by atoms with E-state index < -0.39 is 29.7 Å². The highest BCUT2D eigenvalue weighted by Gasteiger charge is 2.27. The molecule has 34 heavy (non-hydrogen) atoms. The van der Waals surface area contributed by atoms with Crippen molar-refractivity contribution >= 4 is 46.3 Å². The lowest BCUT2D eigenvalue weighted by Crippen LogP contribution is -2.53. The normalized spacial score (nSPS) is 12.5. The van der Waals surface area contributed by atoms with Gasteiger partial charge < -0.3 is 30.9 Å². The second-order valence-electron chi connectivity index (χ2n) is 8.08. The summed E-state index contributed by atoms with van der Waals surface area (Å²) in [4.78, 5) is 52.7. The van der Waals surface area contributed by atoms with Gasteiger partial charge in [0.05, 0.1) is 11.9 Å². The van der Waals surface area contributed by atoms with E-state index in [2.05, 4.69) is 20.9 Å². The molecule has 2 atom stereocenters. The van der Waals surface area contributed by atoms with Gasteiger partial charge in [0.1, 0.15) is 12.1 Å². The van der Waals surface area contributed by atoms with Gasteiger partial charge in [0, 0.05) is 56.3 Å². The van der Waals surface area contributed by atoms with Gasteiger partial charge >= 0.3 is 0 Å².